The van der Waals surface area contributed by atoms with Crippen molar-refractivity contribution in [3.63, 3.8) is 0 Å². The van der Waals surface area contributed by atoms with Crippen LogP contribution in [0.1, 0.15) is 5.56 Å². The Labute approximate surface area is 148 Å². The molecule has 0 aliphatic rings. The van der Waals surface area contributed by atoms with Gasteiger partial charge in [0.25, 0.3) is 0 Å². The molecule has 2 aromatic carbocycles. The van der Waals surface area contributed by atoms with Gasteiger partial charge < -0.3 is 4.74 Å². The summed E-state index contributed by atoms with van der Waals surface area (Å²) in [5.41, 5.74) is 5.77. The molecule has 1 N–H and O–H groups in total. The lowest BCUT2D eigenvalue weighted by Gasteiger charge is -2.04. The molecular formula is C18H15BrN4O. The average molecular weight is 383 g/mol. The highest BCUT2D eigenvalue weighted by Crippen LogP contribution is 2.21. The fourth-order valence-corrected chi connectivity index (χ4v) is 2.30. The van der Waals surface area contributed by atoms with Crippen LogP contribution in [0.3, 0.4) is 0 Å². The SMILES string of the molecule is COc1ccc(-c2cnc(N/N=C/c3ccc(Br)cc3)nc2)cc1. The summed E-state index contributed by atoms with van der Waals surface area (Å²) in [7, 11) is 1.65. The molecule has 6 heteroatoms. The molecule has 0 bridgehead atoms. The van der Waals surface area contributed by atoms with E-state index in [-0.39, 0.29) is 0 Å². The smallest absolute Gasteiger partial charge is 0.243 e. The monoisotopic (exact) mass is 382 g/mol. The van der Waals surface area contributed by atoms with Gasteiger partial charge in [-0.05, 0) is 35.4 Å². The summed E-state index contributed by atoms with van der Waals surface area (Å²) in [5.74, 6) is 1.26. The maximum absolute atomic E-state index is 5.15. The van der Waals surface area contributed by atoms with Gasteiger partial charge in [-0.15, -0.1) is 0 Å². The highest BCUT2D eigenvalue weighted by atomic mass is 79.9. The molecule has 0 saturated carbocycles. The van der Waals surface area contributed by atoms with E-state index in [1.165, 1.54) is 0 Å². The molecule has 0 aliphatic carbocycles. The second-order valence-corrected chi connectivity index (χ2v) is 5.86. The number of halogens is 1. The van der Waals surface area contributed by atoms with E-state index in [0.717, 1.165) is 26.9 Å². The Balaban J connectivity index is 1.64. The van der Waals surface area contributed by atoms with Crippen LogP contribution >= 0.6 is 15.9 Å². The van der Waals surface area contributed by atoms with Crippen LogP contribution in [0.5, 0.6) is 5.75 Å². The molecule has 0 fully saturated rings. The predicted molar refractivity (Wildman–Crippen MR) is 99.4 cm³/mol. The zero-order valence-corrected chi connectivity index (χ0v) is 14.6. The van der Waals surface area contributed by atoms with Crippen LogP contribution in [0.2, 0.25) is 0 Å². The number of benzene rings is 2. The number of methoxy groups -OCH3 is 1. The van der Waals surface area contributed by atoms with Crippen molar-refractivity contribution >= 4 is 28.1 Å². The van der Waals surface area contributed by atoms with Crippen molar-refractivity contribution in [2.24, 2.45) is 5.10 Å². The third-order valence-electron chi connectivity index (χ3n) is 3.32. The highest BCUT2D eigenvalue weighted by molar-refractivity contribution is 9.10. The molecular weight excluding hydrogens is 368 g/mol. The van der Waals surface area contributed by atoms with E-state index in [0.29, 0.717) is 5.95 Å². The second-order valence-electron chi connectivity index (χ2n) is 4.95. The molecule has 0 atom stereocenters. The molecule has 0 unspecified atom stereocenters. The maximum atomic E-state index is 5.15. The first kappa shape index (κ1) is 16.1. The average Bonchev–Trinajstić information content (AvgIpc) is 2.64. The van der Waals surface area contributed by atoms with Crippen LogP contribution < -0.4 is 10.2 Å². The van der Waals surface area contributed by atoms with Gasteiger partial charge >= 0.3 is 0 Å². The normalized spacial score (nSPS) is 10.8. The second kappa shape index (κ2) is 7.70. The molecule has 0 radical (unpaired) electrons. The van der Waals surface area contributed by atoms with E-state index >= 15 is 0 Å². The molecule has 1 aromatic heterocycles. The summed E-state index contributed by atoms with van der Waals surface area (Å²) in [6.45, 7) is 0. The summed E-state index contributed by atoms with van der Waals surface area (Å²) in [6.07, 6.45) is 5.23. The number of rotatable bonds is 5. The Morgan fingerprint density at radius 2 is 1.62 bits per heavy atom. The molecule has 5 nitrogen and oxygen atoms in total. The first-order valence-electron chi connectivity index (χ1n) is 7.26. The Kier molecular flexibility index (Phi) is 5.18. The van der Waals surface area contributed by atoms with Gasteiger partial charge in [-0.25, -0.2) is 15.4 Å². The van der Waals surface area contributed by atoms with Gasteiger partial charge in [0, 0.05) is 22.4 Å². The Morgan fingerprint density at radius 3 is 2.25 bits per heavy atom. The zero-order chi connectivity index (χ0) is 16.8. The van der Waals surface area contributed by atoms with Crippen LogP contribution in [0.25, 0.3) is 11.1 Å². The van der Waals surface area contributed by atoms with Gasteiger partial charge in [0.1, 0.15) is 5.75 Å². The van der Waals surface area contributed by atoms with Crippen molar-refractivity contribution in [1.29, 1.82) is 0 Å². The molecule has 1 heterocycles. The van der Waals surface area contributed by atoms with E-state index in [1.54, 1.807) is 25.7 Å². The largest absolute Gasteiger partial charge is 0.497 e. The molecule has 0 saturated heterocycles. The standard InChI is InChI=1S/C18H15BrN4O/c1-24-17-8-4-14(5-9-17)15-11-20-18(21-12-15)23-22-10-13-2-6-16(19)7-3-13/h2-12H,1H3,(H,20,21,23)/b22-10+. The first-order chi connectivity index (χ1) is 11.7. The minimum Gasteiger partial charge on any atom is -0.497 e. The summed E-state index contributed by atoms with van der Waals surface area (Å²) in [6, 6.07) is 15.6. The van der Waals surface area contributed by atoms with Gasteiger partial charge in [-0.1, -0.05) is 40.2 Å². The molecule has 0 aliphatic heterocycles. The number of hydrazone groups is 1. The maximum Gasteiger partial charge on any atom is 0.243 e. The van der Waals surface area contributed by atoms with Gasteiger partial charge in [-0.3, -0.25) is 0 Å². The molecule has 0 spiro atoms. The van der Waals surface area contributed by atoms with E-state index in [2.05, 4.69) is 36.4 Å². The minimum atomic E-state index is 0.445. The van der Waals surface area contributed by atoms with E-state index in [4.69, 9.17) is 4.74 Å². The van der Waals surface area contributed by atoms with Crippen LogP contribution in [-0.2, 0) is 0 Å². The predicted octanol–water partition coefficient (Wildman–Crippen LogP) is 4.36. The number of nitrogens with one attached hydrogen (secondary N) is 1. The summed E-state index contributed by atoms with van der Waals surface area (Å²) in [5, 5.41) is 4.13. The molecule has 3 aromatic rings. The third kappa shape index (κ3) is 4.17. The quantitative estimate of drug-likeness (QED) is 0.525. The van der Waals surface area contributed by atoms with Crippen molar-refractivity contribution in [3.05, 3.63) is 71.0 Å². The van der Waals surface area contributed by atoms with Crippen molar-refractivity contribution in [1.82, 2.24) is 9.97 Å². The lowest BCUT2D eigenvalue weighted by Crippen LogP contribution is -1.96. The summed E-state index contributed by atoms with van der Waals surface area (Å²) >= 11 is 3.40. The van der Waals surface area contributed by atoms with Gasteiger partial charge in [0.05, 0.1) is 13.3 Å². The zero-order valence-electron chi connectivity index (χ0n) is 13.0. The van der Waals surface area contributed by atoms with E-state index in [9.17, 15) is 0 Å². The van der Waals surface area contributed by atoms with Crippen LogP contribution in [0, 0.1) is 0 Å². The molecule has 3 rings (SSSR count). The van der Waals surface area contributed by atoms with Gasteiger partial charge in [0.15, 0.2) is 0 Å². The van der Waals surface area contributed by atoms with Gasteiger partial charge in [-0.2, -0.15) is 5.10 Å². The molecule has 0 amide bonds. The number of anilines is 1. The number of aromatic nitrogens is 2. The van der Waals surface area contributed by atoms with Crippen molar-refractivity contribution in [2.45, 2.75) is 0 Å². The lowest BCUT2D eigenvalue weighted by atomic mass is 10.1. The van der Waals surface area contributed by atoms with Crippen LogP contribution in [-0.4, -0.2) is 23.3 Å². The summed E-state index contributed by atoms with van der Waals surface area (Å²) < 4.78 is 6.18. The Morgan fingerprint density at radius 1 is 0.958 bits per heavy atom. The van der Waals surface area contributed by atoms with Crippen molar-refractivity contribution in [2.75, 3.05) is 12.5 Å². The number of hydrogen-bond acceptors (Lipinski definition) is 5. The number of nitrogens with zero attached hydrogens (tertiary/aromatic N) is 3. The first-order valence-corrected chi connectivity index (χ1v) is 8.05. The Bertz CT molecular complexity index is 815. The van der Waals surface area contributed by atoms with Crippen LogP contribution in [0.15, 0.2) is 70.5 Å². The number of ether oxygens (including phenoxy) is 1. The van der Waals surface area contributed by atoms with Crippen molar-refractivity contribution in [3.8, 4) is 16.9 Å². The van der Waals surface area contributed by atoms with E-state index in [1.807, 2.05) is 48.5 Å². The van der Waals surface area contributed by atoms with E-state index < -0.39 is 0 Å². The summed E-state index contributed by atoms with van der Waals surface area (Å²) in [4.78, 5) is 8.54. The lowest BCUT2D eigenvalue weighted by molar-refractivity contribution is 0.415. The third-order valence-corrected chi connectivity index (χ3v) is 3.85. The topological polar surface area (TPSA) is 59.4 Å². The van der Waals surface area contributed by atoms with Gasteiger partial charge in [0.2, 0.25) is 5.95 Å². The molecule has 24 heavy (non-hydrogen) atoms. The fraction of sp³-hybridized carbons (Fsp3) is 0.0556. The fourth-order valence-electron chi connectivity index (χ4n) is 2.03. The Hall–Kier alpha value is -2.73. The molecule has 120 valence electrons. The number of hydrogen-bond donors (Lipinski definition) is 1. The van der Waals surface area contributed by atoms with Crippen molar-refractivity contribution < 1.29 is 4.74 Å². The van der Waals surface area contributed by atoms with Crippen LogP contribution in [0.4, 0.5) is 5.95 Å². The highest BCUT2D eigenvalue weighted by Gasteiger charge is 2.00. The minimum absolute atomic E-state index is 0.445.